The molecule has 3 aromatic rings. The Morgan fingerprint density at radius 2 is 2.40 bits per heavy atom. The van der Waals surface area contributed by atoms with Crippen LogP contribution in [0.4, 0.5) is 0 Å². The molecule has 15 heavy (non-hydrogen) atoms. The van der Waals surface area contributed by atoms with Gasteiger partial charge < -0.3 is 4.42 Å². The van der Waals surface area contributed by atoms with Gasteiger partial charge in [0, 0.05) is 11.1 Å². The minimum Gasteiger partial charge on any atom is -0.463 e. The molecule has 3 aromatic heterocycles. The Balaban J connectivity index is 2.29. The van der Waals surface area contributed by atoms with E-state index in [2.05, 4.69) is 34.0 Å². The molecule has 0 N–H and O–H groups in total. The molecule has 3 heterocycles. The van der Waals surface area contributed by atoms with Gasteiger partial charge in [0.25, 0.3) is 0 Å². The fraction of sp³-hybridized carbons (Fsp3) is 0.100. The smallest absolute Gasteiger partial charge is 0.195 e. The third-order valence-corrected chi connectivity index (χ3v) is 3.79. The number of thiazole rings is 1. The maximum absolute atomic E-state index is 5.33. The van der Waals surface area contributed by atoms with Crippen molar-refractivity contribution in [1.82, 2.24) is 9.38 Å². The molecule has 0 atom stereocenters. The molecule has 0 aromatic carbocycles. The van der Waals surface area contributed by atoms with Crippen molar-refractivity contribution < 1.29 is 4.42 Å². The SMILES string of the molecule is Cc1cn2c(Br)c(-c3ccco3)nc2s1. The van der Waals surface area contributed by atoms with Crippen LogP contribution in [0.15, 0.2) is 33.6 Å². The minimum absolute atomic E-state index is 0.787. The number of fused-ring (bicyclic) bond motifs is 1. The third-order valence-electron chi connectivity index (χ3n) is 2.14. The maximum Gasteiger partial charge on any atom is 0.195 e. The quantitative estimate of drug-likeness (QED) is 0.681. The second kappa shape index (κ2) is 3.21. The van der Waals surface area contributed by atoms with Crippen molar-refractivity contribution in [2.75, 3.05) is 0 Å². The van der Waals surface area contributed by atoms with Gasteiger partial charge in [-0.15, -0.1) is 11.3 Å². The lowest BCUT2D eigenvalue weighted by atomic mass is 10.4. The van der Waals surface area contributed by atoms with Crippen LogP contribution < -0.4 is 0 Å². The van der Waals surface area contributed by atoms with E-state index < -0.39 is 0 Å². The first-order valence-electron chi connectivity index (χ1n) is 4.43. The summed E-state index contributed by atoms with van der Waals surface area (Å²) in [6, 6.07) is 3.77. The number of hydrogen-bond donors (Lipinski definition) is 0. The Morgan fingerprint density at radius 3 is 3.07 bits per heavy atom. The van der Waals surface area contributed by atoms with Gasteiger partial charge in [0.2, 0.25) is 0 Å². The Kier molecular flexibility index (Phi) is 1.97. The summed E-state index contributed by atoms with van der Waals surface area (Å²) in [6.45, 7) is 2.07. The predicted molar refractivity (Wildman–Crippen MR) is 63.2 cm³/mol. The summed E-state index contributed by atoms with van der Waals surface area (Å²) in [5.74, 6) is 0.787. The van der Waals surface area contributed by atoms with E-state index in [1.165, 1.54) is 4.88 Å². The van der Waals surface area contributed by atoms with E-state index in [4.69, 9.17) is 4.42 Å². The van der Waals surface area contributed by atoms with Crippen molar-refractivity contribution >= 4 is 32.2 Å². The van der Waals surface area contributed by atoms with Gasteiger partial charge in [-0.1, -0.05) is 0 Å². The summed E-state index contributed by atoms with van der Waals surface area (Å²) in [5.41, 5.74) is 0.853. The number of rotatable bonds is 1. The molecule has 0 saturated heterocycles. The standard InChI is InChI=1S/C10H7BrN2OS/c1-6-5-13-9(11)8(12-10(13)15-6)7-3-2-4-14-7/h2-5H,1H3. The van der Waals surface area contributed by atoms with Crippen LogP contribution in [0.5, 0.6) is 0 Å². The molecule has 0 spiro atoms. The number of hydrogen-bond acceptors (Lipinski definition) is 3. The molecule has 76 valence electrons. The normalized spacial score (nSPS) is 11.3. The lowest BCUT2D eigenvalue weighted by Gasteiger charge is -1.91. The lowest BCUT2D eigenvalue weighted by Crippen LogP contribution is -1.77. The molecule has 5 heteroatoms. The van der Waals surface area contributed by atoms with E-state index in [0.29, 0.717) is 0 Å². The highest BCUT2D eigenvalue weighted by atomic mass is 79.9. The molecule has 0 radical (unpaired) electrons. The van der Waals surface area contributed by atoms with E-state index in [9.17, 15) is 0 Å². The Morgan fingerprint density at radius 1 is 1.53 bits per heavy atom. The fourth-order valence-electron chi connectivity index (χ4n) is 1.50. The molecule has 0 saturated carbocycles. The zero-order valence-corrected chi connectivity index (χ0v) is 10.3. The number of nitrogens with zero attached hydrogens (tertiary/aromatic N) is 2. The van der Waals surface area contributed by atoms with Crippen molar-refractivity contribution in [1.29, 1.82) is 0 Å². The minimum atomic E-state index is 0.787. The Labute approximate surface area is 98.5 Å². The first-order valence-corrected chi connectivity index (χ1v) is 6.04. The fourth-order valence-corrected chi connectivity index (χ4v) is 3.00. The van der Waals surface area contributed by atoms with Crippen LogP contribution in [0.3, 0.4) is 0 Å². The molecule has 3 nitrogen and oxygen atoms in total. The molecule has 0 aliphatic rings. The van der Waals surface area contributed by atoms with Gasteiger partial charge in [0.15, 0.2) is 10.7 Å². The van der Waals surface area contributed by atoms with E-state index >= 15 is 0 Å². The van der Waals surface area contributed by atoms with Crippen LogP contribution in [-0.4, -0.2) is 9.38 Å². The van der Waals surface area contributed by atoms with Gasteiger partial charge in [0.1, 0.15) is 10.3 Å². The summed E-state index contributed by atoms with van der Waals surface area (Å²) in [5, 5.41) is 0. The summed E-state index contributed by atoms with van der Waals surface area (Å²) < 4.78 is 8.30. The first-order chi connectivity index (χ1) is 7.25. The van der Waals surface area contributed by atoms with Crippen molar-refractivity contribution in [2.24, 2.45) is 0 Å². The van der Waals surface area contributed by atoms with Gasteiger partial charge in [-0.25, -0.2) is 4.98 Å². The number of imidazole rings is 1. The molecule has 0 aliphatic heterocycles. The van der Waals surface area contributed by atoms with Crippen molar-refractivity contribution in [3.63, 3.8) is 0 Å². The zero-order chi connectivity index (χ0) is 10.4. The van der Waals surface area contributed by atoms with Crippen molar-refractivity contribution in [2.45, 2.75) is 6.92 Å². The van der Waals surface area contributed by atoms with E-state index in [1.807, 2.05) is 16.5 Å². The molecule has 0 fully saturated rings. The second-order valence-electron chi connectivity index (χ2n) is 3.22. The van der Waals surface area contributed by atoms with Crippen LogP contribution in [0.2, 0.25) is 0 Å². The van der Waals surface area contributed by atoms with Crippen molar-refractivity contribution in [3.05, 3.63) is 34.1 Å². The second-order valence-corrected chi connectivity index (χ2v) is 5.19. The molecule has 0 unspecified atom stereocenters. The number of furan rings is 1. The van der Waals surface area contributed by atoms with Crippen LogP contribution in [0.1, 0.15) is 4.88 Å². The monoisotopic (exact) mass is 282 g/mol. The number of halogens is 1. The summed E-state index contributed by atoms with van der Waals surface area (Å²) >= 11 is 5.20. The number of aryl methyl sites for hydroxylation is 1. The largest absolute Gasteiger partial charge is 0.463 e. The molecular weight excluding hydrogens is 276 g/mol. The van der Waals surface area contributed by atoms with E-state index in [0.717, 1.165) is 21.0 Å². The summed E-state index contributed by atoms with van der Waals surface area (Å²) in [6.07, 6.45) is 3.71. The first kappa shape index (κ1) is 9.18. The van der Waals surface area contributed by atoms with E-state index in [-0.39, 0.29) is 0 Å². The van der Waals surface area contributed by atoms with Gasteiger partial charge in [-0.2, -0.15) is 0 Å². The van der Waals surface area contributed by atoms with E-state index in [1.54, 1.807) is 17.6 Å². The van der Waals surface area contributed by atoms with Gasteiger partial charge in [0.05, 0.1) is 6.26 Å². The average molecular weight is 283 g/mol. The lowest BCUT2D eigenvalue weighted by molar-refractivity contribution is 0.580. The summed E-state index contributed by atoms with van der Waals surface area (Å²) in [7, 11) is 0. The highest BCUT2D eigenvalue weighted by Gasteiger charge is 2.15. The topological polar surface area (TPSA) is 30.4 Å². The predicted octanol–water partition coefficient (Wildman–Crippen LogP) is 3.73. The highest BCUT2D eigenvalue weighted by molar-refractivity contribution is 9.10. The van der Waals surface area contributed by atoms with Crippen LogP contribution >= 0.6 is 27.3 Å². The molecular formula is C10H7BrN2OS. The van der Waals surface area contributed by atoms with Crippen LogP contribution in [-0.2, 0) is 0 Å². The summed E-state index contributed by atoms with van der Waals surface area (Å²) in [4.78, 5) is 6.73. The zero-order valence-electron chi connectivity index (χ0n) is 7.90. The van der Waals surface area contributed by atoms with Crippen LogP contribution in [0, 0.1) is 6.92 Å². The molecule has 0 aliphatic carbocycles. The molecule has 3 rings (SSSR count). The molecule has 0 bridgehead atoms. The average Bonchev–Trinajstić information content (AvgIpc) is 2.84. The Hall–Kier alpha value is -1.07. The Bertz CT molecular complexity index is 609. The maximum atomic E-state index is 5.33. The van der Waals surface area contributed by atoms with Gasteiger partial charge >= 0.3 is 0 Å². The van der Waals surface area contributed by atoms with Crippen LogP contribution in [0.25, 0.3) is 16.4 Å². The van der Waals surface area contributed by atoms with Gasteiger partial charge in [-0.3, -0.25) is 4.40 Å². The number of aromatic nitrogens is 2. The van der Waals surface area contributed by atoms with Crippen molar-refractivity contribution in [3.8, 4) is 11.5 Å². The highest BCUT2D eigenvalue weighted by Crippen LogP contribution is 2.31. The van der Waals surface area contributed by atoms with Gasteiger partial charge in [-0.05, 0) is 35.0 Å². The molecule has 0 amide bonds. The third kappa shape index (κ3) is 1.34.